The summed E-state index contributed by atoms with van der Waals surface area (Å²) in [7, 11) is 0. The quantitative estimate of drug-likeness (QED) is 0.333. The van der Waals surface area contributed by atoms with Gasteiger partial charge in [-0.25, -0.2) is 0 Å². The van der Waals surface area contributed by atoms with E-state index < -0.39 is 5.72 Å². The standard InChI is InChI=1S/C19H23N3O3S2/c1-11-14(4-3-7-21-11)25-18-15-13(6-5-12(10-20)16(15)26)17(27-18)19(2,24)22-8-9-23/h3-4,7,10,22-24H,5-6,8-9,20H2,1-2H3. The molecule has 144 valence electrons. The van der Waals surface area contributed by atoms with Crippen LogP contribution in [0, 0.1) is 6.92 Å². The van der Waals surface area contributed by atoms with Crippen LogP contribution in [0.5, 0.6) is 10.8 Å². The van der Waals surface area contributed by atoms with Crippen LogP contribution in [-0.2, 0) is 12.1 Å². The Hall–Kier alpha value is -1.84. The van der Waals surface area contributed by atoms with Gasteiger partial charge in [0.1, 0.15) is 11.5 Å². The van der Waals surface area contributed by atoms with E-state index in [0.29, 0.717) is 28.5 Å². The summed E-state index contributed by atoms with van der Waals surface area (Å²) >= 11 is 7.01. The van der Waals surface area contributed by atoms with Crippen molar-refractivity contribution in [2.24, 2.45) is 5.73 Å². The Balaban J connectivity index is 2.10. The number of ether oxygens (including phenoxy) is 1. The number of aromatic nitrogens is 1. The number of nitrogens with zero attached hydrogens (tertiary/aromatic N) is 1. The third-order valence-corrected chi connectivity index (χ3v) is 6.31. The molecule has 2 heterocycles. The largest absolute Gasteiger partial charge is 0.444 e. The van der Waals surface area contributed by atoms with E-state index in [1.807, 2.05) is 19.1 Å². The Bertz CT molecular complexity index is 890. The number of hydrogen-bond acceptors (Lipinski definition) is 8. The zero-order chi connectivity index (χ0) is 19.6. The van der Waals surface area contributed by atoms with Crippen LogP contribution in [0.1, 0.15) is 35.0 Å². The normalized spacial score (nSPS) is 17.6. The second-order valence-corrected chi connectivity index (χ2v) is 7.90. The van der Waals surface area contributed by atoms with E-state index in [4.69, 9.17) is 27.8 Å². The lowest BCUT2D eigenvalue weighted by Gasteiger charge is -2.26. The molecule has 0 spiro atoms. The van der Waals surface area contributed by atoms with Crippen molar-refractivity contribution in [2.75, 3.05) is 13.2 Å². The fourth-order valence-corrected chi connectivity index (χ4v) is 4.82. The number of thiophene rings is 1. The lowest BCUT2D eigenvalue weighted by atomic mass is 9.88. The van der Waals surface area contributed by atoms with Crippen LogP contribution in [-0.4, -0.2) is 33.2 Å². The number of allylic oxidation sites excluding steroid dienone is 1. The Morgan fingerprint density at radius 3 is 2.93 bits per heavy atom. The zero-order valence-electron chi connectivity index (χ0n) is 15.3. The molecule has 2 aromatic heterocycles. The van der Waals surface area contributed by atoms with Gasteiger partial charge in [0, 0.05) is 12.7 Å². The molecule has 27 heavy (non-hydrogen) atoms. The fraction of sp³-hybridized carbons (Fsp3) is 0.368. The third-order valence-electron chi connectivity index (χ3n) is 4.52. The first kappa shape index (κ1) is 19.9. The first-order chi connectivity index (χ1) is 12.9. The van der Waals surface area contributed by atoms with Crippen molar-refractivity contribution in [3.05, 3.63) is 51.8 Å². The maximum absolute atomic E-state index is 11.0. The third kappa shape index (κ3) is 3.90. The fourth-order valence-electron chi connectivity index (χ4n) is 3.12. The molecule has 0 aliphatic heterocycles. The SMILES string of the molecule is Cc1ncccc1Oc1sc(C(C)(O)NCCO)c2c1C(=S)C(=CN)CC2. The highest BCUT2D eigenvalue weighted by atomic mass is 32.1. The molecule has 0 aromatic carbocycles. The van der Waals surface area contributed by atoms with Gasteiger partial charge < -0.3 is 20.7 Å². The van der Waals surface area contributed by atoms with Crippen molar-refractivity contribution in [3.8, 4) is 10.8 Å². The summed E-state index contributed by atoms with van der Waals surface area (Å²) < 4.78 is 6.16. The number of nitrogens with two attached hydrogens (primary N) is 1. The first-order valence-electron chi connectivity index (χ1n) is 8.68. The van der Waals surface area contributed by atoms with Crippen LogP contribution in [0.15, 0.2) is 30.1 Å². The molecule has 0 fully saturated rings. The summed E-state index contributed by atoms with van der Waals surface area (Å²) in [4.78, 5) is 5.65. The van der Waals surface area contributed by atoms with Gasteiger partial charge >= 0.3 is 0 Å². The first-order valence-corrected chi connectivity index (χ1v) is 9.91. The van der Waals surface area contributed by atoms with Crippen molar-refractivity contribution < 1.29 is 14.9 Å². The average Bonchev–Trinajstić information content (AvgIpc) is 3.02. The Labute approximate surface area is 167 Å². The van der Waals surface area contributed by atoms with E-state index in [0.717, 1.165) is 27.3 Å². The molecular formula is C19H23N3O3S2. The number of fused-ring (bicyclic) bond motifs is 1. The van der Waals surface area contributed by atoms with E-state index in [1.165, 1.54) is 11.3 Å². The van der Waals surface area contributed by atoms with Gasteiger partial charge in [0.15, 0.2) is 5.06 Å². The van der Waals surface area contributed by atoms with Crippen LogP contribution in [0.25, 0.3) is 0 Å². The molecule has 5 N–H and O–H groups in total. The molecule has 0 saturated carbocycles. The second-order valence-electron chi connectivity index (χ2n) is 6.50. The van der Waals surface area contributed by atoms with Crippen molar-refractivity contribution in [1.82, 2.24) is 10.3 Å². The van der Waals surface area contributed by atoms with Gasteiger partial charge in [-0.15, -0.1) is 0 Å². The number of hydrogen-bond donors (Lipinski definition) is 4. The van der Waals surface area contributed by atoms with Gasteiger partial charge in [-0.2, -0.15) is 0 Å². The molecule has 1 atom stereocenters. The predicted octanol–water partition coefficient (Wildman–Crippen LogP) is 2.50. The molecule has 0 saturated heterocycles. The summed E-state index contributed by atoms with van der Waals surface area (Å²) in [6, 6.07) is 3.66. The maximum Gasteiger partial charge on any atom is 0.190 e. The molecule has 0 bridgehead atoms. The molecule has 8 heteroatoms. The van der Waals surface area contributed by atoms with Crippen molar-refractivity contribution in [1.29, 1.82) is 0 Å². The second kappa shape index (κ2) is 8.04. The topological polar surface area (TPSA) is 101 Å². The van der Waals surface area contributed by atoms with E-state index >= 15 is 0 Å². The molecule has 1 unspecified atom stereocenters. The molecule has 0 radical (unpaired) electrons. The zero-order valence-corrected chi connectivity index (χ0v) is 16.9. The van der Waals surface area contributed by atoms with E-state index in [1.54, 1.807) is 19.3 Å². The van der Waals surface area contributed by atoms with Gasteiger partial charge in [0.2, 0.25) is 0 Å². The van der Waals surface area contributed by atoms with E-state index in [2.05, 4.69) is 10.3 Å². The van der Waals surface area contributed by atoms with Crippen molar-refractivity contribution in [2.45, 2.75) is 32.4 Å². The molecule has 1 aliphatic carbocycles. The lowest BCUT2D eigenvalue weighted by molar-refractivity contribution is 0.0187. The number of thiocarbonyl (C=S) groups is 1. The predicted molar refractivity (Wildman–Crippen MR) is 110 cm³/mol. The number of pyridine rings is 1. The van der Waals surface area contributed by atoms with Gasteiger partial charge in [0.05, 0.1) is 27.6 Å². The highest BCUT2D eigenvalue weighted by Gasteiger charge is 2.35. The maximum atomic E-state index is 11.0. The molecular weight excluding hydrogens is 382 g/mol. The van der Waals surface area contributed by atoms with Crippen LogP contribution in [0.3, 0.4) is 0 Å². The minimum Gasteiger partial charge on any atom is -0.444 e. The number of aliphatic hydroxyl groups is 2. The highest BCUT2D eigenvalue weighted by molar-refractivity contribution is 7.81. The van der Waals surface area contributed by atoms with Crippen molar-refractivity contribution in [3.63, 3.8) is 0 Å². The number of rotatable bonds is 6. The monoisotopic (exact) mass is 405 g/mol. The van der Waals surface area contributed by atoms with E-state index in [9.17, 15) is 5.11 Å². The van der Waals surface area contributed by atoms with Gasteiger partial charge in [-0.05, 0) is 56.2 Å². The van der Waals surface area contributed by atoms with Gasteiger partial charge in [0.25, 0.3) is 0 Å². The number of aliphatic hydroxyl groups excluding tert-OH is 1. The lowest BCUT2D eigenvalue weighted by Crippen LogP contribution is -2.41. The molecule has 1 aliphatic rings. The summed E-state index contributed by atoms with van der Waals surface area (Å²) in [5.41, 5.74) is 7.88. The van der Waals surface area contributed by atoms with E-state index in [-0.39, 0.29) is 13.2 Å². The molecule has 2 aromatic rings. The highest BCUT2D eigenvalue weighted by Crippen LogP contribution is 2.46. The Morgan fingerprint density at radius 1 is 1.48 bits per heavy atom. The Kier molecular flexibility index (Phi) is 5.92. The van der Waals surface area contributed by atoms with Crippen LogP contribution in [0.4, 0.5) is 0 Å². The minimum atomic E-state index is -1.30. The summed E-state index contributed by atoms with van der Waals surface area (Å²) in [5, 5.41) is 23.7. The van der Waals surface area contributed by atoms with Gasteiger partial charge in [-0.3, -0.25) is 10.3 Å². The molecule has 3 rings (SSSR count). The average molecular weight is 406 g/mol. The molecule has 0 amide bonds. The van der Waals surface area contributed by atoms with Gasteiger partial charge in [-0.1, -0.05) is 23.6 Å². The molecule has 6 nitrogen and oxygen atoms in total. The Morgan fingerprint density at radius 2 is 2.26 bits per heavy atom. The number of aryl methyl sites for hydroxylation is 1. The summed E-state index contributed by atoms with van der Waals surface area (Å²) in [6.45, 7) is 3.75. The van der Waals surface area contributed by atoms with Crippen LogP contribution >= 0.6 is 23.6 Å². The van der Waals surface area contributed by atoms with Crippen LogP contribution in [0.2, 0.25) is 0 Å². The smallest absolute Gasteiger partial charge is 0.190 e. The van der Waals surface area contributed by atoms with Crippen LogP contribution < -0.4 is 15.8 Å². The van der Waals surface area contributed by atoms with Crippen molar-refractivity contribution >= 4 is 28.4 Å². The number of nitrogens with one attached hydrogen (secondary N) is 1. The summed E-state index contributed by atoms with van der Waals surface area (Å²) in [5.74, 6) is 0.641. The summed E-state index contributed by atoms with van der Waals surface area (Å²) in [6.07, 6.45) is 4.68. The minimum absolute atomic E-state index is 0.0690.